The van der Waals surface area contributed by atoms with Crippen molar-refractivity contribution >= 4 is 10.0 Å². The molecule has 1 heterocycles. The van der Waals surface area contributed by atoms with Gasteiger partial charge in [0.1, 0.15) is 5.75 Å². The van der Waals surface area contributed by atoms with Gasteiger partial charge in [-0.3, -0.25) is 0 Å². The molecule has 0 amide bonds. The van der Waals surface area contributed by atoms with Gasteiger partial charge in [-0.2, -0.15) is 0 Å². The monoisotopic (exact) mass is 300 g/mol. The number of hydrogen-bond acceptors (Lipinski definition) is 5. The molecule has 0 aliphatic carbocycles. The SMILES string of the molecule is COc1ccc(S(=O)(=O)NC2CCOCC2)cc1CN. The molecule has 1 aromatic carbocycles. The van der Waals surface area contributed by atoms with Crippen molar-refractivity contribution in [3.8, 4) is 5.75 Å². The number of hydrogen-bond donors (Lipinski definition) is 2. The van der Waals surface area contributed by atoms with Crippen LogP contribution in [0.25, 0.3) is 0 Å². The Morgan fingerprint density at radius 3 is 2.70 bits per heavy atom. The molecule has 6 nitrogen and oxygen atoms in total. The fraction of sp³-hybridized carbons (Fsp3) is 0.538. The first-order chi connectivity index (χ1) is 9.56. The maximum absolute atomic E-state index is 12.3. The topological polar surface area (TPSA) is 90.7 Å². The van der Waals surface area contributed by atoms with Crippen molar-refractivity contribution in [2.45, 2.75) is 30.3 Å². The Bertz CT molecular complexity index is 553. The van der Waals surface area contributed by atoms with Gasteiger partial charge in [0, 0.05) is 31.4 Å². The molecule has 0 spiro atoms. The lowest BCUT2D eigenvalue weighted by Gasteiger charge is -2.23. The molecule has 7 heteroatoms. The number of ether oxygens (including phenoxy) is 2. The minimum Gasteiger partial charge on any atom is -0.496 e. The molecule has 0 radical (unpaired) electrons. The van der Waals surface area contributed by atoms with Crippen molar-refractivity contribution in [3.05, 3.63) is 23.8 Å². The first kappa shape index (κ1) is 15.2. The highest BCUT2D eigenvalue weighted by atomic mass is 32.2. The van der Waals surface area contributed by atoms with Gasteiger partial charge in [0.15, 0.2) is 0 Å². The summed E-state index contributed by atoms with van der Waals surface area (Å²) in [5.74, 6) is 0.595. The molecule has 112 valence electrons. The molecule has 0 aromatic heterocycles. The van der Waals surface area contributed by atoms with Gasteiger partial charge in [0.2, 0.25) is 10.0 Å². The van der Waals surface area contributed by atoms with Crippen LogP contribution < -0.4 is 15.2 Å². The molecule has 1 aromatic rings. The molecule has 0 atom stereocenters. The summed E-state index contributed by atoms with van der Waals surface area (Å²) in [5, 5.41) is 0. The van der Waals surface area contributed by atoms with Crippen LogP contribution in [0.4, 0.5) is 0 Å². The van der Waals surface area contributed by atoms with E-state index >= 15 is 0 Å². The van der Waals surface area contributed by atoms with Crippen LogP contribution in [0.5, 0.6) is 5.75 Å². The second kappa shape index (κ2) is 6.53. The maximum Gasteiger partial charge on any atom is 0.240 e. The van der Waals surface area contributed by atoms with E-state index in [1.165, 1.54) is 13.2 Å². The smallest absolute Gasteiger partial charge is 0.240 e. The van der Waals surface area contributed by atoms with E-state index in [0.29, 0.717) is 37.4 Å². The van der Waals surface area contributed by atoms with E-state index in [-0.39, 0.29) is 17.5 Å². The number of nitrogens with two attached hydrogens (primary N) is 1. The minimum absolute atomic E-state index is 0.0721. The average Bonchev–Trinajstić information content (AvgIpc) is 2.47. The maximum atomic E-state index is 12.3. The van der Waals surface area contributed by atoms with Crippen LogP contribution in [0.3, 0.4) is 0 Å². The second-order valence-electron chi connectivity index (χ2n) is 4.69. The zero-order valence-electron chi connectivity index (χ0n) is 11.5. The molecule has 2 rings (SSSR count). The van der Waals surface area contributed by atoms with Crippen molar-refractivity contribution in [2.24, 2.45) is 5.73 Å². The number of rotatable bonds is 5. The normalized spacial score (nSPS) is 17.1. The van der Waals surface area contributed by atoms with Crippen LogP contribution in [0.2, 0.25) is 0 Å². The first-order valence-electron chi connectivity index (χ1n) is 6.54. The summed E-state index contributed by atoms with van der Waals surface area (Å²) >= 11 is 0. The van der Waals surface area contributed by atoms with E-state index in [9.17, 15) is 8.42 Å². The summed E-state index contributed by atoms with van der Waals surface area (Å²) in [7, 11) is -2.00. The van der Waals surface area contributed by atoms with Crippen molar-refractivity contribution in [2.75, 3.05) is 20.3 Å². The Kier molecular flexibility index (Phi) is 4.98. The minimum atomic E-state index is -3.53. The quantitative estimate of drug-likeness (QED) is 0.831. The highest BCUT2D eigenvalue weighted by Crippen LogP contribution is 2.22. The largest absolute Gasteiger partial charge is 0.496 e. The van der Waals surface area contributed by atoms with Crippen LogP contribution in [0.15, 0.2) is 23.1 Å². The fourth-order valence-corrected chi connectivity index (χ4v) is 3.54. The standard InChI is InChI=1S/C13H20N2O4S/c1-18-13-3-2-12(8-10(13)9-14)20(16,17)15-11-4-6-19-7-5-11/h2-3,8,11,15H,4-7,9,14H2,1H3. The third-order valence-electron chi connectivity index (χ3n) is 3.33. The number of methoxy groups -OCH3 is 1. The number of sulfonamides is 1. The first-order valence-corrected chi connectivity index (χ1v) is 8.02. The second-order valence-corrected chi connectivity index (χ2v) is 6.40. The van der Waals surface area contributed by atoms with Gasteiger partial charge in [-0.25, -0.2) is 13.1 Å². The lowest BCUT2D eigenvalue weighted by molar-refractivity contribution is 0.0832. The third-order valence-corrected chi connectivity index (χ3v) is 4.84. The summed E-state index contributed by atoms with van der Waals surface area (Å²) < 4.78 is 37.7. The Morgan fingerprint density at radius 1 is 1.40 bits per heavy atom. The van der Waals surface area contributed by atoms with Crippen molar-refractivity contribution in [3.63, 3.8) is 0 Å². The zero-order chi connectivity index (χ0) is 14.6. The molecule has 0 unspecified atom stereocenters. The van der Waals surface area contributed by atoms with Crippen molar-refractivity contribution in [1.29, 1.82) is 0 Å². The highest BCUT2D eigenvalue weighted by Gasteiger charge is 2.22. The zero-order valence-corrected chi connectivity index (χ0v) is 12.3. The van der Waals surface area contributed by atoms with Gasteiger partial charge < -0.3 is 15.2 Å². The molecule has 1 saturated heterocycles. The van der Waals surface area contributed by atoms with E-state index in [0.717, 1.165) is 0 Å². The number of nitrogens with one attached hydrogen (secondary N) is 1. The molecular weight excluding hydrogens is 280 g/mol. The molecular formula is C13H20N2O4S. The van der Waals surface area contributed by atoms with Gasteiger partial charge in [-0.05, 0) is 31.0 Å². The highest BCUT2D eigenvalue weighted by molar-refractivity contribution is 7.89. The molecule has 1 aliphatic rings. The molecule has 0 bridgehead atoms. The van der Waals surface area contributed by atoms with Gasteiger partial charge in [-0.15, -0.1) is 0 Å². The summed E-state index contributed by atoms with van der Waals surface area (Å²) in [5.41, 5.74) is 6.28. The summed E-state index contributed by atoms with van der Waals surface area (Å²) in [6, 6.07) is 4.64. The Labute approximate surface area is 119 Å². The summed E-state index contributed by atoms with van der Waals surface area (Å²) in [6.45, 7) is 1.40. The number of benzene rings is 1. The van der Waals surface area contributed by atoms with E-state index in [2.05, 4.69) is 4.72 Å². The fourth-order valence-electron chi connectivity index (χ4n) is 2.18. The van der Waals surface area contributed by atoms with Gasteiger partial charge in [-0.1, -0.05) is 0 Å². The molecule has 1 aliphatic heterocycles. The average molecular weight is 300 g/mol. The Hall–Kier alpha value is -1.15. The van der Waals surface area contributed by atoms with E-state index < -0.39 is 10.0 Å². The van der Waals surface area contributed by atoms with Gasteiger partial charge in [0.05, 0.1) is 12.0 Å². The van der Waals surface area contributed by atoms with E-state index in [1.54, 1.807) is 12.1 Å². The molecule has 3 N–H and O–H groups in total. The molecule has 20 heavy (non-hydrogen) atoms. The predicted octanol–water partition coefficient (Wildman–Crippen LogP) is 0.611. The van der Waals surface area contributed by atoms with Gasteiger partial charge in [0.25, 0.3) is 0 Å². The lowest BCUT2D eigenvalue weighted by atomic mass is 10.1. The van der Waals surface area contributed by atoms with Crippen molar-refractivity contribution < 1.29 is 17.9 Å². The van der Waals surface area contributed by atoms with Crippen molar-refractivity contribution in [1.82, 2.24) is 4.72 Å². The van der Waals surface area contributed by atoms with E-state index in [4.69, 9.17) is 15.2 Å². The van der Waals surface area contributed by atoms with Crippen LogP contribution in [-0.4, -0.2) is 34.8 Å². The van der Waals surface area contributed by atoms with Gasteiger partial charge >= 0.3 is 0 Å². The van der Waals surface area contributed by atoms with Crippen LogP contribution in [-0.2, 0) is 21.3 Å². The van der Waals surface area contributed by atoms with Crippen LogP contribution in [0.1, 0.15) is 18.4 Å². The Morgan fingerprint density at radius 2 is 2.10 bits per heavy atom. The third kappa shape index (κ3) is 3.49. The van der Waals surface area contributed by atoms with Crippen LogP contribution >= 0.6 is 0 Å². The van der Waals surface area contributed by atoms with E-state index in [1.807, 2.05) is 0 Å². The molecule has 0 saturated carbocycles. The van der Waals surface area contributed by atoms with Crippen LogP contribution in [0, 0.1) is 0 Å². The predicted molar refractivity (Wildman–Crippen MR) is 75.0 cm³/mol. The summed E-state index contributed by atoms with van der Waals surface area (Å²) in [4.78, 5) is 0.213. The molecule has 1 fully saturated rings. The summed E-state index contributed by atoms with van der Waals surface area (Å²) in [6.07, 6.45) is 1.39. The Balaban J connectivity index is 2.20. The lowest BCUT2D eigenvalue weighted by Crippen LogP contribution is -2.38.